The van der Waals surface area contributed by atoms with Gasteiger partial charge in [-0.2, -0.15) is 0 Å². The summed E-state index contributed by atoms with van der Waals surface area (Å²) < 4.78 is 5.16. The molecule has 2 aromatic carbocycles. The van der Waals surface area contributed by atoms with Crippen molar-refractivity contribution >= 4 is 16.8 Å². The Morgan fingerprint density at radius 3 is 2.67 bits per heavy atom. The number of methoxy groups -OCH3 is 1. The SMILES string of the molecule is COc1ccc(C(C)CC(=O)NCc2c[nH]c3ccccc23)cc1. The van der Waals surface area contributed by atoms with Crippen LogP contribution in [0.2, 0.25) is 0 Å². The molecule has 0 aliphatic carbocycles. The van der Waals surface area contributed by atoms with Gasteiger partial charge in [0.15, 0.2) is 0 Å². The predicted molar refractivity (Wildman–Crippen MR) is 96.2 cm³/mol. The largest absolute Gasteiger partial charge is 0.497 e. The molecule has 1 atom stereocenters. The topological polar surface area (TPSA) is 54.1 Å². The molecule has 1 heterocycles. The molecule has 0 radical (unpaired) electrons. The monoisotopic (exact) mass is 322 g/mol. The van der Waals surface area contributed by atoms with Crippen LogP contribution in [0.1, 0.15) is 30.4 Å². The van der Waals surface area contributed by atoms with Gasteiger partial charge in [-0.05, 0) is 35.2 Å². The number of para-hydroxylation sites is 1. The Labute approximate surface area is 141 Å². The van der Waals surface area contributed by atoms with Gasteiger partial charge in [-0.3, -0.25) is 4.79 Å². The molecule has 4 nitrogen and oxygen atoms in total. The molecule has 0 bridgehead atoms. The van der Waals surface area contributed by atoms with Crippen molar-refractivity contribution in [3.8, 4) is 5.75 Å². The highest BCUT2D eigenvalue weighted by molar-refractivity contribution is 5.84. The van der Waals surface area contributed by atoms with Crippen LogP contribution in [0.3, 0.4) is 0 Å². The first-order valence-corrected chi connectivity index (χ1v) is 8.13. The van der Waals surface area contributed by atoms with E-state index in [0.717, 1.165) is 27.8 Å². The number of aromatic nitrogens is 1. The lowest BCUT2D eigenvalue weighted by atomic mass is 9.97. The van der Waals surface area contributed by atoms with Crippen molar-refractivity contribution in [2.45, 2.75) is 25.8 Å². The first-order valence-electron chi connectivity index (χ1n) is 8.13. The number of rotatable bonds is 6. The van der Waals surface area contributed by atoms with Crippen LogP contribution in [0.4, 0.5) is 0 Å². The molecule has 1 amide bonds. The molecule has 0 saturated heterocycles. The van der Waals surface area contributed by atoms with Crippen LogP contribution >= 0.6 is 0 Å². The second-order valence-electron chi connectivity index (χ2n) is 6.01. The highest BCUT2D eigenvalue weighted by Gasteiger charge is 2.12. The number of carbonyl (C=O) groups excluding carboxylic acids is 1. The van der Waals surface area contributed by atoms with E-state index in [-0.39, 0.29) is 11.8 Å². The van der Waals surface area contributed by atoms with Gasteiger partial charge in [-0.1, -0.05) is 37.3 Å². The fourth-order valence-corrected chi connectivity index (χ4v) is 2.87. The van der Waals surface area contributed by atoms with Crippen molar-refractivity contribution in [3.63, 3.8) is 0 Å². The van der Waals surface area contributed by atoms with Gasteiger partial charge in [0.25, 0.3) is 0 Å². The predicted octanol–water partition coefficient (Wildman–Crippen LogP) is 3.99. The van der Waals surface area contributed by atoms with Crippen molar-refractivity contribution in [3.05, 3.63) is 65.9 Å². The number of carbonyl (C=O) groups is 1. The van der Waals surface area contributed by atoms with Gasteiger partial charge in [0, 0.05) is 30.1 Å². The number of hydrogen-bond acceptors (Lipinski definition) is 2. The number of hydrogen-bond donors (Lipinski definition) is 2. The summed E-state index contributed by atoms with van der Waals surface area (Å²) in [5.74, 6) is 1.05. The summed E-state index contributed by atoms with van der Waals surface area (Å²) in [6.07, 6.45) is 2.42. The number of ether oxygens (including phenoxy) is 1. The molecule has 0 aliphatic heterocycles. The third-order valence-electron chi connectivity index (χ3n) is 4.33. The van der Waals surface area contributed by atoms with Gasteiger partial charge in [-0.25, -0.2) is 0 Å². The van der Waals surface area contributed by atoms with Crippen molar-refractivity contribution in [2.24, 2.45) is 0 Å². The molecular weight excluding hydrogens is 300 g/mol. The van der Waals surface area contributed by atoms with Gasteiger partial charge >= 0.3 is 0 Å². The maximum atomic E-state index is 12.2. The second kappa shape index (κ2) is 7.21. The Morgan fingerprint density at radius 1 is 1.17 bits per heavy atom. The summed E-state index contributed by atoms with van der Waals surface area (Å²) in [5, 5.41) is 4.17. The summed E-state index contributed by atoms with van der Waals surface area (Å²) in [7, 11) is 1.65. The molecule has 0 spiro atoms. The number of amides is 1. The van der Waals surface area contributed by atoms with E-state index in [1.165, 1.54) is 0 Å². The van der Waals surface area contributed by atoms with E-state index in [4.69, 9.17) is 4.74 Å². The van der Waals surface area contributed by atoms with Crippen LogP contribution in [0.15, 0.2) is 54.7 Å². The Bertz CT molecular complexity index is 821. The molecule has 0 fully saturated rings. The summed E-state index contributed by atoms with van der Waals surface area (Å²) in [6, 6.07) is 16.0. The number of H-pyrrole nitrogens is 1. The molecule has 1 aromatic heterocycles. The molecule has 124 valence electrons. The molecule has 24 heavy (non-hydrogen) atoms. The lowest BCUT2D eigenvalue weighted by Crippen LogP contribution is -2.23. The van der Waals surface area contributed by atoms with Gasteiger partial charge in [0.05, 0.1) is 7.11 Å². The van der Waals surface area contributed by atoms with E-state index in [9.17, 15) is 4.79 Å². The van der Waals surface area contributed by atoms with Gasteiger partial charge in [0.2, 0.25) is 5.91 Å². The second-order valence-corrected chi connectivity index (χ2v) is 6.01. The molecule has 0 aliphatic rings. The summed E-state index contributed by atoms with van der Waals surface area (Å²) in [5.41, 5.74) is 3.34. The molecule has 2 N–H and O–H groups in total. The number of nitrogens with one attached hydrogen (secondary N) is 2. The van der Waals surface area contributed by atoms with E-state index >= 15 is 0 Å². The van der Waals surface area contributed by atoms with Crippen molar-refractivity contribution in [1.82, 2.24) is 10.3 Å². The van der Waals surface area contributed by atoms with Gasteiger partial charge in [0.1, 0.15) is 5.75 Å². The van der Waals surface area contributed by atoms with Crippen LogP contribution in [-0.2, 0) is 11.3 Å². The highest BCUT2D eigenvalue weighted by Crippen LogP contribution is 2.22. The summed E-state index contributed by atoms with van der Waals surface area (Å²) in [6.45, 7) is 2.60. The zero-order chi connectivity index (χ0) is 16.9. The van der Waals surface area contributed by atoms with Crippen molar-refractivity contribution in [1.29, 1.82) is 0 Å². The molecule has 0 saturated carbocycles. The third-order valence-corrected chi connectivity index (χ3v) is 4.33. The maximum Gasteiger partial charge on any atom is 0.220 e. The van der Waals surface area contributed by atoms with E-state index < -0.39 is 0 Å². The van der Waals surface area contributed by atoms with E-state index in [1.54, 1.807) is 7.11 Å². The first-order chi connectivity index (χ1) is 11.7. The van der Waals surface area contributed by atoms with E-state index in [2.05, 4.69) is 23.3 Å². The lowest BCUT2D eigenvalue weighted by molar-refractivity contribution is -0.121. The standard InChI is InChI=1S/C20H22N2O2/c1-14(15-7-9-17(24-2)10-8-15)11-20(23)22-13-16-12-21-19-6-4-3-5-18(16)19/h3-10,12,14,21H,11,13H2,1-2H3,(H,22,23). The summed E-state index contributed by atoms with van der Waals surface area (Å²) >= 11 is 0. The van der Waals surface area contributed by atoms with Crippen LogP contribution in [0.25, 0.3) is 10.9 Å². The molecule has 3 aromatic rings. The fraction of sp³-hybridized carbons (Fsp3) is 0.250. The number of aromatic amines is 1. The molecular formula is C20H22N2O2. The normalized spacial score (nSPS) is 12.1. The average molecular weight is 322 g/mol. The van der Waals surface area contributed by atoms with Crippen LogP contribution in [-0.4, -0.2) is 18.0 Å². The lowest BCUT2D eigenvalue weighted by Gasteiger charge is -2.12. The maximum absolute atomic E-state index is 12.2. The Balaban J connectivity index is 1.57. The Hall–Kier alpha value is -2.75. The van der Waals surface area contributed by atoms with Crippen LogP contribution in [0, 0.1) is 0 Å². The molecule has 4 heteroatoms. The minimum absolute atomic E-state index is 0.0589. The van der Waals surface area contributed by atoms with Crippen LogP contribution < -0.4 is 10.1 Å². The van der Waals surface area contributed by atoms with Crippen LogP contribution in [0.5, 0.6) is 5.75 Å². The summed E-state index contributed by atoms with van der Waals surface area (Å²) in [4.78, 5) is 15.5. The quantitative estimate of drug-likeness (QED) is 0.721. The molecule has 1 unspecified atom stereocenters. The third kappa shape index (κ3) is 3.59. The Kier molecular flexibility index (Phi) is 4.85. The van der Waals surface area contributed by atoms with E-state index in [1.807, 2.05) is 48.7 Å². The molecule has 3 rings (SSSR count). The zero-order valence-electron chi connectivity index (χ0n) is 14.0. The average Bonchev–Trinajstić information content (AvgIpc) is 3.03. The minimum Gasteiger partial charge on any atom is -0.497 e. The van der Waals surface area contributed by atoms with Crippen molar-refractivity contribution in [2.75, 3.05) is 7.11 Å². The van der Waals surface area contributed by atoms with E-state index in [0.29, 0.717) is 13.0 Å². The smallest absolute Gasteiger partial charge is 0.220 e. The first kappa shape index (κ1) is 16.1. The minimum atomic E-state index is 0.0589. The number of benzene rings is 2. The zero-order valence-corrected chi connectivity index (χ0v) is 14.0. The number of fused-ring (bicyclic) bond motifs is 1. The highest BCUT2D eigenvalue weighted by atomic mass is 16.5. The Morgan fingerprint density at radius 2 is 1.92 bits per heavy atom. The van der Waals surface area contributed by atoms with Crippen molar-refractivity contribution < 1.29 is 9.53 Å². The van der Waals surface area contributed by atoms with Gasteiger partial charge in [-0.15, -0.1) is 0 Å². The fourth-order valence-electron chi connectivity index (χ4n) is 2.87. The van der Waals surface area contributed by atoms with Gasteiger partial charge < -0.3 is 15.0 Å².